The van der Waals surface area contributed by atoms with Crippen LogP contribution in [-0.2, 0) is 9.53 Å². The monoisotopic (exact) mass is 338 g/mol. The smallest absolute Gasteiger partial charge is 0.319 e. The first-order chi connectivity index (χ1) is 10.3. The molecule has 0 saturated heterocycles. The Kier molecular flexibility index (Phi) is 12.0. The summed E-state index contributed by atoms with van der Waals surface area (Å²) in [5.41, 5.74) is -0.447. The van der Waals surface area contributed by atoms with Gasteiger partial charge >= 0.3 is 5.97 Å². The Bertz CT molecular complexity index is 291. The van der Waals surface area contributed by atoms with Gasteiger partial charge in [-0.1, -0.05) is 32.6 Å². The lowest BCUT2D eigenvalue weighted by Gasteiger charge is -2.23. The quantitative estimate of drug-likeness (QED) is 0.330. The number of halogens is 2. The van der Waals surface area contributed by atoms with Crippen molar-refractivity contribution >= 4 is 17.7 Å². The van der Waals surface area contributed by atoms with Crippen molar-refractivity contribution in [2.24, 2.45) is 0 Å². The first-order valence-electron chi connectivity index (χ1n) is 8.39. The summed E-state index contributed by atoms with van der Waals surface area (Å²) in [5, 5.41) is -0.0970. The highest BCUT2D eigenvalue weighted by Crippen LogP contribution is 2.23. The summed E-state index contributed by atoms with van der Waals surface area (Å²) >= 11 is 1.65. The second kappa shape index (κ2) is 12.1. The molecule has 0 radical (unpaired) electrons. The van der Waals surface area contributed by atoms with Gasteiger partial charge in [-0.25, -0.2) is 8.78 Å². The summed E-state index contributed by atoms with van der Waals surface area (Å²) in [6.45, 7) is 7.76. The topological polar surface area (TPSA) is 26.3 Å². The molecule has 0 fully saturated rings. The van der Waals surface area contributed by atoms with Gasteiger partial charge in [-0.15, -0.1) is 11.8 Å². The number of rotatable bonds is 12. The van der Waals surface area contributed by atoms with Crippen molar-refractivity contribution in [1.29, 1.82) is 0 Å². The highest BCUT2D eigenvalue weighted by atomic mass is 32.2. The van der Waals surface area contributed by atoms with Gasteiger partial charge in [-0.05, 0) is 45.8 Å². The molecule has 0 N–H and O–H groups in total. The van der Waals surface area contributed by atoms with Gasteiger partial charge in [-0.3, -0.25) is 4.79 Å². The van der Waals surface area contributed by atoms with Crippen LogP contribution in [0.15, 0.2) is 0 Å². The fraction of sp³-hybridized carbons (Fsp3) is 0.941. The summed E-state index contributed by atoms with van der Waals surface area (Å²) in [7, 11) is 0. The molecule has 0 bridgehead atoms. The zero-order valence-corrected chi connectivity index (χ0v) is 15.3. The van der Waals surface area contributed by atoms with Gasteiger partial charge in [0, 0.05) is 6.42 Å². The second-order valence-electron chi connectivity index (χ2n) is 6.63. The van der Waals surface area contributed by atoms with Crippen LogP contribution in [0.3, 0.4) is 0 Å². The predicted molar refractivity (Wildman–Crippen MR) is 90.7 cm³/mol. The summed E-state index contributed by atoms with van der Waals surface area (Å²) < 4.78 is 29.5. The Morgan fingerprint density at radius 2 is 1.68 bits per heavy atom. The molecule has 0 spiro atoms. The van der Waals surface area contributed by atoms with Gasteiger partial charge in [0.05, 0.1) is 0 Å². The van der Waals surface area contributed by atoms with Crippen LogP contribution >= 0.6 is 11.8 Å². The van der Waals surface area contributed by atoms with Crippen LogP contribution in [0, 0.1) is 0 Å². The van der Waals surface area contributed by atoms with E-state index in [1.54, 1.807) is 11.8 Å². The molecular weight excluding hydrogens is 306 g/mol. The molecule has 2 nitrogen and oxygen atoms in total. The minimum Gasteiger partial charge on any atom is -0.459 e. The van der Waals surface area contributed by atoms with Crippen molar-refractivity contribution in [3.8, 4) is 0 Å². The van der Waals surface area contributed by atoms with E-state index < -0.39 is 12.0 Å². The largest absolute Gasteiger partial charge is 0.459 e. The molecular formula is C17H32F2O2S. The van der Waals surface area contributed by atoms with E-state index >= 15 is 0 Å². The van der Waals surface area contributed by atoms with E-state index in [0.29, 0.717) is 6.42 Å². The van der Waals surface area contributed by atoms with Crippen molar-refractivity contribution in [2.45, 2.75) is 96.3 Å². The number of carbonyl (C=O) groups is 1. The number of alkyl halides is 2. The van der Waals surface area contributed by atoms with Crippen LogP contribution in [0.4, 0.5) is 8.78 Å². The van der Waals surface area contributed by atoms with Gasteiger partial charge in [0.15, 0.2) is 0 Å². The molecule has 0 saturated carbocycles. The minimum absolute atomic E-state index is 0.00414. The van der Waals surface area contributed by atoms with Crippen molar-refractivity contribution in [2.75, 3.05) is 5.75 Å². The van der Waals surface area contributed by atoms with E-state index in [2.05, 4.69) is 6.92 Å². The van der Waals surface area contributed by atoms with E-state index in [1.165, 1.54) is 0 Å². The SMILES string of the molecule is CCCCC(SCCCCCCC(F)F)C(=O)OC(C)(C)C. The molecule has 0 rings (SSSR count). The Morgan fingerprint density at radius 1 is 1.05 bits per heavy atom. The number of hydrogen-bond acceptors (Lipinski definition) is 3. The first kappa shape index (κ1) is 21.7. The molecule has 0 amide bonds. The van der Waals surface area contributed by atoms with Crippen molar-refractivity contribution in [3.05, 3.63) is 0 Å². The van der Waals surface area contributed by atoms with E-state index in [1.807, 2.05) is 20.8 Å². The van der Waals surface area contributed by atoms with Crippen molar-refractivity contribution in [3.63, 3.8) is 0 Å². The molecule has 0 aliphatic heterocycles. The zero-order valence-electron chi connectivity index (χ0n) is 14.5. The maximum absolute atomic E-state index is 12.2. The van der Waals surface area contributed by atoms with Crippen LogP contribution in [-0.4, -0.2) is 29.0 Å². The number of esters is 1. The van der Waals surface area contributed by atoms with E-state index in [4.69, 9.17) is 4.74 Å². The molecule has 0 aromatic carbocycles. The number of ether oxygens (including phenoxy) is 1. The molecule has 0 aliphatic rings. The third-order valence-electron chi connectivity index (χ3n) is 3.13. The first-order valence-corrected chi connectivity index (χ1v) is 9.43. The van der Waals surface area contributed by atoms with Crippen LogP contribution < -0.4 is 0 Å². The number of unbranched alkanes of at least 4 members (excludes halogenated alkanes) is 4. The van der Waals surface area contributed by atoms with Crippen LogP contribution in [0.5, 0.6) is 0 Å². The lowest BCUT2D eigenvalue weighted by molar-refractivity contribution is -0.154. The normalized spacial score (nSPS) is 13.4. The second-order valence-corrected chi connectivity index (χ2v) is 7.94. The Hall–Kier alpha value is -0.320. The molecule has 22 heavy (non-hydrogen) atoms. The van der Waals surface area contributed by atoms with Crippen LogP contribution in [0.25, 0.3) is 0 Å². The standard InChI is InChI=1S/C17H32F2O2S/c1-5-6-11-14(16(20)21-17(2,3)4)22-13-10-8-7-9-12-15(18)19/h14-15H,5-13H2,1-4H3. The number of carbonyl (C=O) groups excluding carboxylic acids is 1. The predicted octanol–water partition coefficient (Wildman–Crippen LogP) is 5.84. The Balaban J connectivity index is 3.97. The summed E-state index contributed by atoms with van der Waals surface area (Å²) in [6, 6.07) is 0. The molecule has 0 aliphatic carbocycles. The molecule has 132 valence electrons. The maximum atomic E-state index is 12.2. The molecule has 5 heteroatoms. The Morgan fingerprint density at radius 3 is 2.23 bits per heavy atom. The van der Waals surface area contributed by atoms with Gasteiger partial charge in [0.1, 0.15) is 10.9 Å². The molecule has 0 aromatic heterocycles. The summed E-state index contributed by atoms with van der Waals surface area (Å²) in [5.74, 6) is 0.770. The average molecular weight is 339 g/mol. The lowest BCUT2D eigenvalue weighted by Crippen LogP contribution is -2.30. The molecule has 0 heterocycles. The lowest BCUT2D eigenvalue weighted by atomic mass is 10.1. The molecule has 1 atom stereocenters. The van der Waals surface area contributed by atoms with Crippen LogP contribution in [0.1, 0.15) is 79.1 Å². The van der Waals surface area contributed by atoms with Gasteiger partial charge < -0.3 is 4.74 Å². The van der Waals surface area contributed by atoms with Gasteiger partial charge in [0.2, 0.25) is 6.43 Å². The third-order valence-corrected chi connectivity index (χ3v) is 4.48. The minimum atomic E-state index is -2.18. The number of hydrogen-bond donors (Lipinski definition) is 0. The molecule has 1 unspecified atom stereocenters. The van der Waals surface area contributed by atoms with E-state index in [-0.39, 0.29) is 17.6 Å². The van der Waals surface area contributed by atoms with E-state index in [9.17, 15) is 13.6 Å². The van der Waals surface area contributed by atoms with Crippen molar-refractivity contribution in [1.82, 2.24) is 0 Å². The fourth-order valence-corrected chi connectivity index (χ4v) is 3.18. The molecule has 0 aromatic rings. The van der Waals surface area contributed by atoms with Crippen LogP contribution in [0.2, 0.25) is 0 Å². The van der Waals surface area contributed by atoms with Gasteiger partial charge in [-0.2, -0.15) is 0 Å². The third kappa shape index (κ3) is 13.4. The highest BCUT2D eigenvalue weighted by molar-refractivity contribution is 8.00. The Labute approximate surface area is 138 Å². The fourth-order valence-electron chi connectivity index (χ4n) is 2.01. The number of thioether (sulfide) groups is 1. The summed E-state index contributed by atoms with van der Waals surface area (Å²) in [6.07, 6.45) is 4.11. The maximum Gasteiger partial charge on any atom is 0.319 e. The average Bonchev–Trinajstić information content (AvgIpc) is 2.38. The van der Waals surface area contributed by atoms with Gasteiger partial charge in [0.25, 0.3) is 0 Å². The highest BCUT2D eigenvalue weighted by Gasteiger charge is 2.24. The van der Waals surface area contributed by atoms with Crippen molar-refractivity contribution < 1.29 is 18.3 Å². The van der Waals surface area contributed by atoms with E-state index in [0.717, 1.165) is 44.3 Å². The zero-order chi connectivity index (χ0) is 17.0. The summed E-state index contributed by atoms with van der Waals surface area (Å²) in [4.78, 5) is 12.2.